The minimum atomic E-state index is -0.240. The van der Waals surface area contributed by atoms with Crippen molar-refractivity contribution in [3.05, 3.63) is 66.0 Å². The number of aromatic nitrogens is 2. The average molecular weight is 434 g/mol. The van der Waals surface area contributed by atoms with Gasteiger partial charge in [-0.05, 0) is 49.1 Å². The third kappa shape index (κ3) is 5.32. The summed E-state index contributed by atoms with van der Waals surface area (Å²) in [5.41, 5.74) is 1.71. The monoisotopic (exact) mass is 434 g/mol. The molecule has 0 spiro atoms. The molecule has 8 heteroatoms. The van der Waals surface area contributed by atoms with Crippen LogP contribution in [0.1, 0.15) is 43.6 Å². The Balaban J connectivity index is 1.46. The molecule has 32 heavy (non-hydrogen) atoms. The van der Waals surface area contributed by atoms with Gasteiger partial charge in [-0.2, -0.15) is 4.98 Å². The number of carbonyl (C=O) groups excluding carboxylic acids is 2. The fourth-order valence-electron chi connectivity index (χ4n) is 3.77. The lowest BCUT2D eigenvalue weighted by Gasteiger charge is -2.33. The molecule has 2 aromatic carbocycles. The molecule has 1 aliphatic heterocycles. The lowest BCUT2D eigenvalue weighted by molar-refractivity contribution is -0.137. The summed E-state index contributed by atoms with van der Waals surface area (Å²) in [7, 11) is 0. The molecule has 1 aliphatic rings. The zero-order valence-corrected chi connectivity index (χ0v) is 18.0. The van der Waals surface area contributed by atoms with E-state index in [9.17, 15) is 9.59 Å². The standard InChI is InChI=1S/C24H26N4O4/c1-17(29)25-15-18-8-7-9-19(14-18)24-26-23(27-32-24)21-12-5-6-13-28(21)22(30)16-31-20-10-3-2-4-11-20/h2-4,7-11,14,21H,5-6,12-13,15-16H2,1H3,(H,25,29)/t21-/m1/s1. The Kier molecular flexibility index (Phi) is 6.79. The van der Waals surface area contributed by atoms with Gasteiger partial charge in [0.25, 0.3) is 11.8 Å². The van der Waals surface area contributed by atoms with Crippen LogP contribution >= 0.6 is 0 Å². The lowest BCUT2D eigenvalue weighted by Crippen LogP contribution is -2.41. The van der Waals surface area contributed by atoms with Gasteiger partial charge in [0.2, 0.25) is 5.91 Å². The van der Waals surface area contributed by atoms with Crippen LogP contribution in [-0.2, 0) is 16.1 Å². The van der Waals surface area contributed by atoms with E-state index in [0.29, 0.717) is 30.6 Å². The largest absolute Gasteiger partial charge is 0.484 e. The van der Waals surface area contributed by atoms with Crippen molar-refractivity contribution in [2.75, 3.05) is 13.2 Å². The number of hydrogen-bond donors (Lipinski definition) is 1. The van der Waals surface area contributed by atoms with Crippen LogP contribution in [0, 0.1) is 0 Å². The van der Waals surface area contributed by atoms with E-state index in [1.165, 1.54) is 6.92 Å². The number of amides is 2. The van der Waals surface area contributed by atoms with Gasteiger partial charge in [-0.3, -0.25) is 9.59 Å². The van der Waals surface area contributed by atoms with Gasteiger partial charge in [0.05, 0.1) is 6.04 Å². The molecule has 3 aromatic rings. The van der Waals surface area contributed by atoms with Crippen LogP contribution in [0.25, 0.3) is 11.5 Å². The van der Waals surface area contributed by atoms with Gasteiger partial charge in [-0.15, -0.1) is 0 Å². The number of piperidine rings is 1. The summed E-state index contributed by atoms with van der Waals surface area (Å²) in [5, 5.41) is 6.96. The molecule has 0 bridgehead atoms. The molecule has 166 valence electrons. The van der Waals surface area contributed by atoms with E-state index < -0.39 is 0 Å². The SMILES string of the molecule is CC(=O)NCc1cccc(-c2nc([C@H]3CCCCN3C(=O)COc3ccccc3)no2)c1. The number of nitrogens with zero attached hydrogens (tertiary/aromatic N) is 3. The summed E-state index contributed by atoms with van der Waals surface area (Å²) in [6.07, 6.45) is 2.70. The molecular formula is C24H26N4O4. The van der Waals surface area contributed by atoms with E-state index in [-0.39, 0.29) is 24.5 Å². The Morgan fingerprint density at radius 2 is 2.00 bits per heavy atom. The maximum atomic E-state index is 12.9. The van der Waals surface area contributed by atoms with Gasteiger partial charge in [0, 0.05) is 25.6 Å². The quantitative estimate of drug-likeness (QED) is 0.611. The third-order valence-corrected chi connectivity index (χ3v) is 5.38. The summed E-state index contributed by atoms with van der Waals surface area (Å²) in [6, 6.07) is 16.6. The van der Waals surface area contributed by atoms with E-state index in [2.05, 4.69) is 15.5 Å². The van der Waals surface area contributed by atoms with E-state index in [1.807, 2.05) is 54.6 Å². The third-order valence-electron chi connectivity index (χ3n) is 5.38. The van der Waals surface area contributed by atoms with E-state index >= 15 is 0 Å². The molecule has 8 nitrogen and oxygen atoms in total. The molecule has 4 rings (SSSR count). The van der Waals surface area contributed by atoms with Gasteiger partial charge in [-0.25, -0.2) is 0 Å². The fourth-order valence-corrected chi connectivity index (χ4v) is 3.77. The predicted octanol–water partition coefficient (Wildman–Crippen LogP) is 3.51. The molecule has 1 atom stereocenters. The van der Waals surface area contributed by atoms with Crippen molar-refractivity contribution in [3.8, 4) is 17.2 Å². The number of benzene rings is 2. The summed E-state index contributed by atoms with van der Waals surface area (Å²) < 4.78 is 11.2. The summed E-state index contributed by atoms with van der Waals surface area (Å²) >= 11 is 0. The molecule has 1 saturated heterocycles. The second-order valence-electron chi connectivity index (χ2n) is 7.77. The molecule has 0 aliphatic carbocycles. The summed E-state index contributed by atoms with van der Waals surface area (Å²) in [4.78, 5) is 30.4. The second kappa shape index (κ2) is 10.1. The van der Waals surface area contributed by atoms with Crippen LogP contribution in [0.15, 0.2) is 59.1 Å². The maximum Gasteiger partial charge on any atom is 0.261 e. The average Bonchev–Trinajstić information content (AvgIpc) is 3.32. The highest BCUT2D eigenvalue weighted by molar-refractivity contribution is 5.78. The summed E-state index contributed by atoms with van der Waals surface area (Å²) in [6.45, 7) is 2.51. The van der Waals surface area contributed by atoms with Crippen LogP contribution in [0.4, 0.5) is 0 Å². The van der Waals surface area contributed by atoms with E-state index in [4.69, 9.17) is 9.26 Å². The van der Waals surface area contributed by atoms with E-state index in [0.717, 1.165) is 30.4 Å². The first kappa shape index (κ1) is 21.5. The Hall–Kier alpha value is -3.68. The van der Waals surface area contributed by atoms with Crippen molar-refractivity contribution in [2.45, 2.75) is 38.8 Å². The topological polar surface area (TPSA) is 97.6 Å². The Morgan fingerprint density at radius 3 is 2.81 bits per heavy atom. The Bertz CT molecular complexity index is 1070. The van der Waals surface area contributed by atoms with Crippen molar-refractivity contribution in [1.82, 2.24) is 20.4 Å². The molecule has 1 fully saturated rings. The van der Waals surface area contributed by atoms with Crippen LogP contribution in [0.3, 0.4) is 0 Å². The highest BCUT2D eigenvalue weighted by atomic mass is 16.5. The number of hydrogen-bond acceptors (Lipinski definition) is 6. The van der Waals surface area contributed by atoms with Gasteiger partial charge < -0.3 is 19.5 Å². The van der Waals surface area contributed by atoms with Crippen molar-refractivity contribution < 1.29 is 18.8 Å². The van der Waals surface area contributed by atoms with Crippen LogP contribution < -0.4 is 10.1 Å². The van der Waals surface area contributed by atoms with Crippen LogP contribution in [0.5, 0.6) is 5.75 Å². The number of rotatable bonds is 7. The zero-order chi connectivity index (χ0) is 22.3. The number of ether oxygens (including phenoxy) is 1. The minimum Gasteiger partial charge on any atom is -0.484 e. The molecule has 2 heterocycles. The molecule has 2 amide bonds. The van der Waals surface area contributed by atoms with Gasteiger partial charge in [0.15, 0.2) is 12.4 Å². The normalized spacial score (nSPS) is 15.9. The molecule has 1 aromatic heterocycles. The van der Waals surface area contributed by atoms with Crippen molar-refractivity contribution >= 4 is 11.8 Å². The molecule has 0 unspecified atom stereocenters. The van der Waals surface area contributed by atoms with Crippen molar-refractivity contribution in [2.24, 2.45) is 0 Å². The minimum absolute atomic E-state index is 0.0313. The number of likely N-dealkylation sites (tertiary alicyclic amines) is 1. The molecule has 0 saturated carbocycles. The Labute approximate surface area is 186 Å². The first-order valence-electron chi connectivity index (χ1n) is 10.7. The molecule has 1 N–H and O–H groups in total. The zero-order valence-electron chi connectivity index (χ0n) is 18.0. The van der Waals surface area contributed by atoms with E-state index in [1.54, 1.807) is 4.90 Å². The van der Waals surface area contributed by atoms with Crippen molar-refractivity contribution in [3.63, 3.8) is 0 Å². The highest BCUT2D eigenvalue weighted by Gasteiger charge is 2.32. The van der Waals surface area contributed by atoms with Crippen LogP contribution in [0.2, 0.25) is 0 Å². The van der Waals surface area contributed by atoms with Crippen molar-refractivity contribution in [1.29, 1.82) is 0 Å². The fraction of sp³-hybridized carbons (Fsp3) is 0.333. The van der Waals surface area contributed by atoms with Crippen LogP contribution in [-0.4, -0.2) is 40.0 Å². The Morgan fingerprint density at radius 1 is 1.16 bits per heavy atom. The second-order valence-corrected chi connectivity index (χ2v) is 7.77. The number of nitrogens with one attached hydrogen (secondary N) is 1. The lowest BCUT2D eigenvalue weighted by atomic mass is 10.0. The molecule has 0 radical (unpaired) electrons. The first-order valence-corrected chi connectivity index (χ1v) is 10.7. The number of carbonyl (C=O) groups is 2. The van der Waals surface area contributed by atoms with Gasteiger partial charge in [0.1, 0.15) is 5.75 Å². The first-order chi connectivity index (χ1) is 15.6. The highest BCUT2D eigenvalue weighted by Crippen LogP contribution is 2.31. The maximum absolute atomic E-state index is 12.9. The van der Waals surface area contributed by atoms with Gasteiger partial charge in [-0.1, -0.05) is 35.5 Å². The smallest absolute Gasteiger partial charge is 0.261 e. The predicted molar refractivity (Wildman–Crippen MR) is 117 cm³/mol. The van der Waals surface area contributed by atoms with Gasteiger partial charge >= 0.3 is 0 Å². The summed E-state index contributed by atoms with van der Waals surface area (Å²) in [5.74, 6) is 1.37. The molecular weight excluding hydrogens is 408 g/mol. The number of para-hydroxylation sites is 1.